The Morgan fingerprint density at radius 2 is 1.38 bits per heavy atom. The molecule has 0 aliphatic rings. The molecule has 2 heterocycles. The largest absolute Gasteiger partial charge is 0.478 e. The molecule has 3 rings (SSSR count). The minimum Gasteiger partial charge on any atom is -0.478 e. The molecule has 0 saturated heterocycles. The fourth-order valence-electron chi connectivity index (χ4n) is 2.44. The van der Waals surface area contributed by atoms with Crippen LogP contribution in [0.2, 0.25) is 0 Å². The minimum absolute atomic E-state index is 0.0582. The summed E-state index contributed by atoms with van der Waals surface area (Å²) in [5.74, 6) is -2.21. The number of benzene rings is 1. The molecule has 5 nitrogen and oxygen atoms in total. The topological polar surface area (TPSA) is 101 Å². The van der Waals surface area contributed by atoms with Gasteiger partial charge in [-0.25, -0.2) is 9.59 Å². The number of nitrogen functional groups attached to an aromatic ring is 1. The van der Waals surface area contributed by atoms with Crippen molar-refractivity contribution in [3.63, 3.8) is 0 Å². The SMILES string of the molecule is Cc1ccc(-c2cc(C(=O)O)c(-c3ccc(N)s3)cc2C(=O)O)s1. The normalized spacial score (nSPS) is 10.7. The molecule has 0 atom stereocenters. The molecule has 4 N–H and O–H groups in total. The minimum atomic E-state index is -1.11. The first kappa shape index (κ1) is 16.2. The molecule has 122 valence electrons. The number of carbonyl (C=O) groups is 2. The Bertz CT molecular complexity index is 877. The maximum Gasteiger partial charge on any atom is 0.336 e. The van der Waals surface area contributed by atoms with Crippen LogP contribution in [0.1, 0.15) is 25.6 Å². The van der Waals surface area contributed by atoms with Gasteiger partial charge in [-0.15, -0.1) is 22.7 Å². The third-order valence-corrected chi connectivity index (χ3v) is 5.50. The van der Waals surface area contributed by atoms with Crippen LogP contribution in [0.4, 0.5) is 5.00 Å². The van der Waals surface area contributed by atoms with E-state index in [2.05, 4.69) is 0 Å². The van der Waals surface area contributed by atoms with Crippen molar-refractivity contribution in [2.45, 2.75) is 6.92 Å². The monoisotopic (exact) mass is 359 g/mol. The smallest absolute Gasteiger partial charge is 0.336 e. The average Bonchev–Trinajstić information content (AvgIpc) is 3.14. The molecular weight excluding hydrogens is 346 g/mol. The lowest BCUT2D eigenvalue weighted by Gasteiger charge is -2.11. The molecule has 7 heteroatoms. The predicted octanol–water partition coefficient (Wildman–Crippen LogP) is 4.43. The summed E-state index contributed by atoms with van der Waals surface area (Å²) in [4.78, 5) is 25.8. The van der Waals surface area contributed by atoms with Gasteiger partial charge in [0.2, 0.25) is 0 Å². The standard InChI is InChI=1S/C17H13NO4S2/c1-8-2-3-13(23-8)9-6-12(17(21)22)10(7-11(9)16(19)20)14-4-5-15(18)24-14/h2-7H,18H2,1H3,(H,19,20)(H,21,22). The second-order valence-corrected chi connectivity index (χ2v) is 7.57. The summed E-state index contributed by atoms with van der Waals surface area (Å²) in [6, 6.07) is 9.89. The van der Waals surface area contributed by atoms with E-state index in [1.807, 2.05) is 13.0 Å². The number of aryl methyl sites for hydroxylation is 1. The Hall–Kier alpha value is -2.64. The first-order valence-electron chi connectivity index (χ1n) is 6.94. The summed E-state index contributed by atoms with van der Waals surface area (Å²) in [7, 11) is 0. The van der Waals surface area contributed by atoms with Gasteiger partial charge in [-0.3, -0.25) is 0 Å². The van der Waals surface area contributed by atoms with Crippen LogP contribution in [-0.4, -0.2) is 22.2 Å². The Morgan fingerprint density at radius 1 is 0.875 bits per heavy atom. The van der Waals surface area contributed by atoms with Crippen molar-refractivity contribution < 1.29 is 19.8 Å². The molecule has 0 fully saturated rings. The molecule has 0 aliphatic carbocycles. The molecule has 0 aliphatic heterocycles. The summed E-state index contributed by atoms with van der Waals surface area (Å²) in [5, 5.41) is 19.7. The third-order valence-electron chi connectivity index (χ3n) is 3.52. The molecule has 2 aromatic heterocycles. The number of nitrogens with two attached hydrogens (primary N) is 1. The highest BCUT2D eigenvalue weighted by Crippen LogP contribution is 2.38. The third kappa shape index (κ3) is 2.91. The predicted molar refractivity (Wildman–Crippen MR) is 96.1 cm³/mol. The van der Waals surface area contributed by atoms with E-state index in [9.17, 15) is 19.8 Å². The molecule has 1 aromatic carbocycles. The van der Waals surface area contributed by atoms with E-state index in [-0.39, 0.29) is 11.1 Å². The number of carboxylic acid groups (broad SMARTS) is 2. The first-order valence-corrected chi connectivity index (χ1v) is 8.57. The van der Waals surface area contributed by atoms with Crippen molar-refractivity contribution in [2.75, 3.05) is 5.73 Å². The number of aromatic carboxylic acids is 2. The van der Waals surface area contributed by atoms with Crippen LogP contribution in [-0.2, 0) is 0 Å². The van der Waals surface area contributed by atoms with Crippen molar-refractivity contribution in [2.24, 2.45) is 0 Å². The maximum absolute atomic E-state index is 11.7. The van der Waals surface area contributed by atoms with Crippen LogP contribution in [0.25, 0.3) is 20.9 Å². The van der Waals surface area contributed by atoms with E-state index >= 15 is 0 Å². The van der Waals surface area contributed by atoms with E-state index in [0.717, 1.165) is 9.75 Å². The van der Waals surface area contributed by atoms with Crippen LogP contribution >= 0.6 is 22.7 Å². The van der Waals surface area contributed by atoms with E-state index < -0.39 is 11.9 Å². The molecule has 0 saturated carbocycles. The Kier molecular flexibility index (Phi) is 4.13. The van der Waals surface area contributed by atoms with E-state index in [1.165, 1.54) is 34.8 Å². The number of hydrogen-bond acceptors (Lipinski definition) is 5. The molecule has 0 unspecified atom stereocenters. The lowest BCUT2D eigenvalue weighted by atomic mass is 9.96. The van der Waals surface area contributed by atoms with Crippen LogP contribution < -0.4 is 5.73 Å². The number of hydrogen-bond donors (Lipinski definition) is 3. The molecule has 0 radical (unpaired) electrons. The summed E-state index contributed by atoms with van der Waals surface area (Å²) in [6.07, 6.45) is 0. The van der Waals surface area contributed by atoms with Crippen molar-refractivity contribution >= 4 is 39.6 Å². The van der Waals surface area contributed by atoms with Gasteiger partial charge < -0.3 is 15.9 Å². The fraction of sp³-hybridized carbons (Fsp3) is 0.0588. The van der Waals surface area contributed by atoms with Crippen molar-refractivity contribution in [1.29, 1.82) is 0 Å². The summed E-state index contributed by atoms with van der Waals surface area (Å²) >= 11 is 2.65. The van der Waals surface area contributed by atoms with Crippen molar-refractivity contribution in [1.82, 2.24) is 0 Å². The highest BCUT2D eigenvalue weighted by molar-refractivity contribution is 7.19. The zero-order valence-corrected chi connectivity index (χ0v) is 14.2. The van der Waals surface area contributed by atoms with Gasteiger partial charge in [0.1, 0.15) is 0 Å². The zero-order valence-electron chi connectivity index (χ0n) is 12.6. The number of anilines is 1. The van der Waals surface area contributed by atoms with E-state index in [1.54, 1.807) is 18.2 Å². The van der Waals surface area contributed by atoms with Gasteiger partial charge in [0.15, 0.2) is 0 Å². The lowest BCUT2D eigenvalue weighted by Crippen LogP contribution is -2.05. The summed E-state index contributed by atoms with van der Waals surface area (Å²) in [5.41, 5.74) is 6.62. The van der Waals surface area contributed by atoms with Gasteiger partial charge in [0, 0.05) is 25.8 Å². The Morgan fingerprint density at radius 3 is 1.75 bits per heavy atom. The van der Waals surface area contributed by atoms with Gasteiger partial charge in [0.25, 0.3) is 0 Å². The maximum atomic E-state index is 11.7. The average molecular weight is 359 g/mol. The van der Waals surface area contributed by atoms with Crippen LogP contribution in [0.15, 0.2) is 36.4 Å². The Labute approximate surface area is 145 Å². The highest BCUT2D eigenvalue weighted by Gasteiger charge is 2.22. The molecule has 0 spiro atoms. The number of carboxylic acids is 2. The van der Waals surface area contributed by atoms with Crippen molar-refractivity contribution in [3.8, 4) is 20.9 Å². The van der Waals surface area contributed by atoms with E-state index in [4.69, 9.17) is 5.73 Å². The number of rotatable bonds is 4. The van der Waals surface area contributed by atoms with Crippen LogP contribution in [0.5, 0.6) is 0 Å². The summed E-state index contributed by atoms with van der Waals surface area (Å²) in [6.45, 7) is 1.91. The van der Waals surface area contributed by atoms with Crippen molar-refractivity contribution in [3.05, 3.63) is 52.4 Å². The zero-order chi connectivity index (χ0) is 17.4. The van der Waals surface area contributed by atoms with Gasteiger partial charge in [-0.05, 0) is 43.3 Å². The first-order chi connectivity index (χ1) is 11.4. The lowest BCUT2D eigenvalue weighted by molar-refractivity contribution is 0.0682. The molecular formula is C17H13NO4S2. The molecule has 0 bridgehead atoms. The second-order valence-electron chi connectivity index (χ2n) is 5.17. The fourth-order valence-corrected chi connectivity index (χ4v) is 4.14. The highest BCUT2D eigenvalue weighted by atomic mass is 32.1. The van der Waals surface area contributed by atoms with Gasteiger partial charge in [0.05, 0.1) is 16.1 Å². The van der Waals surface area contributed by atoms with E-state index in [0.29, 0.717) is 21.0 Å². The molecule has 24 heavy (non-hydrogen) atoms. The second kappa shape index (κ2) is 6.10. The van der Waals surface area contributed by atoms with Crippen LogP contribution in [0.3, 0.4) is 0 Å². The number of thiophene rings is 2. The van der Waals surface area contributed by atoms with Crippen LogP contribution in [0, 0.1) is 6.92 Å². The molecule has 0 amide bonds. The van der Waals surface area contributed by atoms with Gasteiger partial charge in [-0.1, -0.05) is 0 Å². The Balaban J connectivity index is 2.30. The summed E-state index contributed by atoms with van der Waals surface area (Å²) < 4.78 is 0. The molecule has 3 aromatic rings. The quantitative estimate of drug-likeness (QED) is 0.640. The van der Waals surface area contributed by atoms with Gasteiger partial charge in [-0.2, -0.15) is 0 Å². The van der Waals surface area contributed by atoms with Gasteiger partial charge >= 0.3 is 11.9 Å².